The molecule has 1 amide bonds. The minimum Gasteiger partial charge on any atom is -0.399 e. The predicted octanol–water partition coefficient (Wildman–Crippen LogP) is 3.41. The second-order valence-electron chi connectivity index (χ2n) is 10.1. The van der Waals surface area contributed by atoms with Crippen molar-refractivity contribution < 1.29 is 18.3 Å². The third-order valence-corrected chi connectivity index (χ3v) is 8.47. The van der Waals surface area contributed by atoms with Crippen LogP contribution in [0.2, 0.25) is 0 Å². The van der Waals surface area contributed by atoms with E-state index in [1.54, 1.807) is 12.1 Å². The number of nitrogens with one attached hydrogen (secondary N) is 1. The van der Waals surface area contributed by atoms with Gasteiger partial charge in [-0.15, -0.1) is 0 Å². The zero-order chi connectivity index (χ0) is 28.4. The molecular formula is C30H40N4O4S. The zero-order valence-electron chi connectivity index (χ0n) is 22.7. The number of hydrogen-bond acceptors (Lipinski definition) is 6. The molecule has 39 heavy (non-hydrogen) atoms. The number of nitrogens with zero attached hydrogens (tertiary/aromatic N) is 1. The van der Waals surface area contributed by atoms with Crippen molar-refractivity contribution in [1.82, 2.24) is 9.62 Å². The molecule has 6 N–H and O–H groups in total. The lowest BCUT2D eigenvalue weighted by molar-refractivity contribution is -0.122. The van der Waals surface area contributed by atoms with E-state index in [0.717, 1.165) is 16.7 Å². The molecule has 8 nitrogen and oxygen atoms in total. The van der Waals surface area contributed by atoms with Crippen LogP contribution < -0.4 is 16.8 Å². The first-order valence-electron chi connectivity index (χ1n) is 13.3. The lowest BCUT2D eigenvalue weighted by atomic mass is 9.95. The van der Waals surface area contributed by atoms with Crippen LogP contribution in [0.15, 0.2) is 83.8 Å². The Morgan fingerprint density at radius 1 is 0.974 bits per heavy atom. The largest absolute Gasteiger partial charge is 0.399 e. The second-order valence-corrected chi connectivity index (χ2v) is 12.0. The van der Waals surface area contributed by atoms with Gasteiger partial charge in [0.2, 0.25) is 15.9 Å². The highest BCUT2D eigenvalue weighted by Crippen LogP contribution is 2.25. The first-order chi connectivity index (χ1) is 18.6. The SMILES string of the molecule is CC(C)CN(C(CO)CCCNC(=O)C(N)Cc1ccccc1-c1ccccc1)S(=O)(=O)c1ccc(N)cc1. The van der Waals surface area contributed by atoms with Crippen LogP contribution in [0.3, 0.4) is 0 Å². The van der Waals surface area contributed by atoms with Crippen LogP contribution in [0.25, 0.3) is 11.1 Å². The Kier molecular flexibility index (Phi) is 11.1. The fourth-order valence-electron chi connectivity index (χ4n) is 4.51. The molecule has 0 aliphatic carbocycles. The van der Waals surface area contributed by atoms with E-state index in [4.69, 9.17) is 11.5 Å². The number of nitrogens with two attached hydrogens (primary N) is 2. The molecule has 0 aromatic heterocycles. The predicted molar refractivity (Wildman–Crippen MR) is 156 cm³/mol. The molecule has 0 saturated carbocycles. The Labute approximate surface area is 232 Å². The van der Waals surface area contributed by atoms with Crippen LogP contribution in [0, 0.1) is 5.92 Å². The smallest absolute Gasteiger partial charge is 0.243 e. The van der Waals surface area contributed by atoms with Gasteiger partial charge in [0.05, 0.1) is 17.5 Å². The van der Waals surface area contributed by atoms with Crippen molar-refractivity contribution in [3.8, 4) is 11.1 Å². The summed E-state index contributed by atoms with van der Waals surface area (Å²) >= 11 is 0. The van der Waals surface area contributed by atoms with Crippen LogP contribution in [-0.4, -0.2) is 55.5 Å². The molecule has 9 heteroatoms. The molecule has 0 bridgehead atoms. The minimum absolute atomic E-state index is 0.0547. The van der Waals surface area contributed by atoms with Gasteiger partial charge in [-0.25, -0.2) is 8.42 Å². The van der Waals surface area contributed by atoms with Crippen molar-refractivity contribution >= 4 is 21.6 Å². The van der Waals surface area contributed by atoms with Gasteiger partial charge in [0, 0.05) is 24.8 Å². The summed E-state index contributed by atoms with van der Waals surface area (Å²) in [5.41, 5.74) is 15.5. The molecule has 3 rings (SSSR count). The molecule has 0 radical (unpaired) electrons. The number of benzene rings is 3. The quantitative estimate of drug-likeness (QED) is 0.179. The van der Waals surface area contributed by atoms with Crippen molar-refractivity contribution in [1.29, 1.82) is 0 Å². The Morgan fingerprint density at radius 3 is 2.26 bits per heavy atom. The first-order valence-corrected chi connectivity index (χ1v) is 14.7. The van der Waals surface area contributed by atoms with E-state index in [1.807, 2.05) is 68.4 Å². The van der Waals surface area contributed by atoms with Gasteiger partial charge in [0.25, 0.3) is 0 Å². The van der Waals surface area contributed by atoms with Crippen LogP contribution in [-0.2, 0) is 21.2 Å². The highest BCUT2D eigenvalue weighted by molar-refractivity contribution is 7.89. The van der Waals surface area contributed by atoms with E-state index in [2.05, 4.69) is 5.32 Å². The summed E-state index contributed by atoms with van der Waals surface area (Å²) in [5.74, 6) is -0.217. The Hall–Kier alpha value is -3.24. The number of nitrogen functional groups attached to an aromatic ring is 1. The Morgan fingerprint density at radius 2 is 1.62 bits per heavy atom. The van der Waals surface area contributed by atoms with Gasteiger partial charge >= 0.3 is 0 Å². The molecule has 0 heterocycles. The fourth-order valence-corrected chi connectivity index (χ4v) is 6.32. The molecule has 2 atom stereocenters. The summed E-state index contributed by atoms with van der Waals surface area (Å²) in [6, 6.07) is 22.5. The highest BCUT2D eigenvalue weighted by atomic mass is 32.2. The lowest BCUT2D eigenvalue weighted by Gasteiger charge is -2.31. The van der Waals surface area contributed by atoms with Gasteiger partial charge in [-0.3, -0.25) is 4.79 Å². The molecule has 0 spiro atoms. The maximum atomic E-state index is 13.4. The molecule has 0 saturated heterocycles. The fraction of sp³-hybridized carbons (Fsp3) is 0.367. The zero-order valence-corrected chi connectivity index (χ0v) is 23.5. The maximum Gasteiger partial charge on any atom is 0.243 e. The third-order valence-electron chi connectivity index (χ3n) is 6.54. The number of carbonyl (C=O) groups excluding carboxylic acids is 1. The van der Waals surface area contributed by atoms with Crippen LogP contribution in [0.5, 0.6) is 0 Å². The maximum absolute atomic E-state index is 13.4. The summed E-state index contributed by atoms with van der Waals surface area (Å²) in [6.45, 7) is 4.11. The van der Waals surface area contributed by atoms with E-state index in [1.165, 1.54) is 16.4 Å². The normalized spacial score (nSPS) is 13.4. The molecule has 0 aliphatic rings. The van der Waals surface area contributed by atoms with Crippen LogP contribution >= 0.6 is 0 Å². The van der Waals surface area contributed by atoms with Crippen molar-refractivity contribution in [2.45, 2.75) is 50.1 Å². The monoisotopic (exact) mass is 552 g/mol. The van der Waals surface area contributed by atoms with Gasteiger partial charge in [-0.2, -0.15) is 4.31 Å². The van der Waals surface area contributed by atoms with Crippen molar-refractivity contribution in [2.24, 2.45) is 11.7 Å². The number of rotatable bonds is 14. The van der Waals surface area contributed by atoms with Gasteiger partial charge in [0.15, 0.2) is 0 Å². The van der Waals surface area contributed by atoms with Gasteiger partial charge in [0.1, 0.15) is 0 Å². The number of hydrogen-bond donors (Lipinski definition) is 4. The molecule has 2 unspecified atom stereocenters. The summed E-state index contributed by atoms with van der Waals surface area (Å²) in [6.07, 6.45) is 1.25. The Balaban J connectivity index is 1.59. The number of sulfonamides is 1. The molecule has 210 valence electrons. The van der Waals surface area contributed by atoms with Crippen molar-refractivity contribution in [3.63, 3.8) is 0 Å². The lowest BCUT2D eigenvalue weighted by Crippen LogP contribution is -2.45. The topological polar surface area (TPSA) is 139 Å². The van der Waals surface area contributed by atoms with Gasteiger partial charge in [-0.1, -0.05) is 68.4 Å². The standard InChI is InChI=1S/C30H40N4O4S/c1-22(2)20-34(39(37,38)27-16-14-25(31)15-17-27)26(21-35)12-8-18-33-30(36)29(32)19-24-11-6-7-13-28(24)23-9-4-3-5-10-23/h3-7,9-11,13-17,22,26,29,35H,8,12,18-21,31-32H2,1-2H3,(H,33,36). The number of carbonyl (C=O) groups is 1. The number of aliphatic hydroxyl groups is 1. The Bertz CT molecular complexity index is 1300. The molecule has 0 aliphatic heterocycles. The third kappa shape index (κ3) is 8.37. The molecule has 0 fully saturated rings. The molecular weight excluding hydrogens is 512 g/mol. The minimum atomic E-state index is -3.84. The first kappa shape index (κ1) is 30.3. The van der Waals surface area contributed by atoms with Crippen molar-refractivity contribution in [2.75, 3.05) is 25.4 Å². The summed E-state index contributed by atoms with van der Waals surface area (Å²) in [5, 5.41) is 13.0. The van der Waals surface area contributed by atoms with E-state index in [-0.39, 0.29) is 29.9 Å². The number of anilines is 1. The highest BCUT2D eigenvalue weighted by Gasteiger charge is 2.31. The van der Waals surface area contributed by atoms with E-state index < -0.39 is 22.1 Å². The van der Waals surface area contributed by atoms with E-state index in [9.17, 15) is 18.3 Å². The average molecular weight is 553 g/mol. The van der Waals surface area contributed by atoms with E-state index in [0.29, 0.717) is 31.5 Å². The van der Waals surface area contributed by atoms with Crippen molar-refractivity contribution in [3.05, 3.63) is 84.4 Å². The summed E-state index contributed by atoms with van der Waals surface area (Å²) in [7, 11) is -3.84. The van der Waals surface area contributed by atoms with Gasteiger partial charge in [-0.05, 0) is 66.1 Å². The number of aliphatic hydroxyl groups excluding tert-OH is 1. The summed E-state index contributed by atoms with van der Waals surface area (Å²) in [4.78, 5) is 12.9. The molecule has 3 aromatic rings. The number of amides is 1. The van der Waals surface area contributed by atoms with Gasteiger partial charge < -0.3 is 21.9 Å². The summed E-state index contributed by atoms with van der Waals surface area (Å²) < 4.78 is 28.2. The second kappa shape index (κ2) is 14.2. The van der Waals surface area contributed by atoms with Crippen LogP contribution in [0.1, 0.15) is 32.3 Å². The molecule has 3 aromatic carbocycles. The van der Waals surface area contributed by atoms with E-state index >= 15 is 0 Å². The van der Waals surface area contributed by atoms with Crippen LogP contribution in [0.4, 0.5) is 5.69 Å². The average Bonchev–Trinajstić information content (AvgIpc) is 2.93.